The molecule has 0 radical (unpaired) electrons. The van der Waals surface area contributed by atoms with Crippen LogP contribution >= 0.6 is 0 Å². The number of hydrogen-bond acceptors (Lipinski definition) is 5. The molecular weight excluding hydrogens is 885 g/mol. The van der Waals surface area contributed by atoms with Crippen molar-refractivity contribution in [3.63, 3.8) is 0 Å². The molecule has 422 valence electrons. The maximum absolute atomic E-state index is 12.3. The summed E-state index contributed by atoms with van der Waals surface area (Å²) in [5.41, 5.74) is 0. The average molecular weight is 1010 g/mol. The predicted octanol–water partition coefficient (Wildman–Crippen LogP) is 22.0. The average Bonchev–Trinajstić information content (AvgIpc) is 3.38. The first-order chi connectivity index (χ1) is 35.6. The second-order valence-corrected chi connectivity index (χ2v) is 21.8. The zero-order valence-electron chi connectivity index (χ0n) is 48.5. The van der Waals surface area contributed by atoms with E-state index in [0.29, 0.717) is 12.8 Å². The smallest absolute Gasteiger partial charge is 0.306 e. The van der Waals surface area contributed by atoms with E-state index in [0.717, 1.165) is 77.0 Å². The van der Waals surface area contributed by atoms with E-state index in [1.807, 2.05) is 0 Å². The van der Waals surface area contributed by atoms with Crippen molar-refractivity contribution in [2.24, 2.45) is 0 Å². The molecule has 0 aromatic heterocycles. The minimum Gasteiger partial charge on any atom is -0.462 e. The first kappa shape index (κ1) is 69.9. The van der Waals surface area contributed by atoms with Crippen molar-refractivity contribution in [3.05, 3.63) is 48.6 Å². The maximum Gasteiger partial charge on any atom is 0.306 e. The van der Waals surface area contributed by atoms with Crippen LogP contribution in [-0.2, 0) is 19.1 Å². The molecule has 0 aliphatic heterocycles. The summed E-state index contributed by atoms with van der Waals surface area (Å²) in [5, 5.41) is 9.64. The van der Waals surface area contributed by atoms with Gasteiger partial charge in [0.2, 0.25) is 0 Å². The molecule has 0 aliphatic carbocycles. The SMILES string of the molecule is CC/C=C\C/C=C\C/C=C\C/C=C\CCCCCCC(=O)OC(CO)COC(=O)CCCCCCCCCCCCCCCCCCCCCCCCCCCCCCCCCCCCCCCCCCC. The van der Waals surface area contributed by atoms with Crippen molar-refractivity contribution in [1.29, 1.82) is 0 Å². The maximum atomic E-state index is 12.3. The number of carbonyl (C=O) groups excluding carboxylic acids is 2. The Bertz CT molecular complexity index is 1190. The van der Waals surface area contributed by atoms with Crippen LogP contribution in [0, 0.1) is 0 Å². The predicted molar refractivity (Wildman–Crippen MR) is 316 cm³/mol. The molecular formula is C67H124O5. The summed E-state index contributed by atoms with van der Waals surface area (Å²) >= 11 is 0. The van der Waals surface area contributed by atoms with Crippen LogP contribution in [0.15, 0.2) is 48.6 Å². The van der Waals surface area contributed by atoms with E-state index in [9.17, 15) is 14.7 Å². The second kappa shape index (κ2) is 63.2. The fraction of sp³-hybridized carbons (Fsp3) is 0.851. The molecule has 0 rings (SSSR count). The Labute approximate surface area is 449 Å². The number of esters is 2. The summed E-state index contributed by atoms with van der Waals surface area (Å²) in [6, 6.07) is 0. The highest BCUT2D eigenvalue weighted by molar-refractivity contribution is 5.70. The molecule has 1 N–H and O–H groups in total. The van der Waals surface area contributed by atoms with Crippen molar-refractivity contribution < 1.29 is 24.2 Å². The third-order valence-electron chi connectivity index (χ3n) is 14.6. The van der Waals surface area contributed by atoms with E-state index in [1.54, 1.807) is 0 Å². The van der Waals surface area contributed by atoms with Crippen LogP contribution in [0.1, 0.15) is 348 Å². The zero-order chi connectivity index (χ0) is 52.0. The Morgan fingerprint density at radius 1 is 0.333 bits per heavy atom. The number of allylic oxidation sites excluding steroid dienone is 8. The van der Waals surface area contributed by atoms with Crippen LogP contribution in [0.25, 0.3) is 0 Å². The van der Waals surface area contributed by atoms with Gasteiger partial charge < -0.3 is 14.6 Å². The molecule has 0 saturated heterocycles. The molecule has 0 saturated carbocycles. The van der Waals surface area contributed by atoms with Crippen LogP contribution in [0.3, 0.4) is 0 Å². The molecule has 0 bridgehead atoms. The Kier molecular flexibility index (Phi) is 61.3. The van der Waals surface area contributed by atoms with Gasteiger partial charge in [-0.25, -0.2) is 0 Å². The highest BCUT2D eigenvalue weighted by Gasteiger charge is 2.16. The molecule has 1 unspecified atom stereocenters. The molecule has 5 heteroatoms. The van der Waals surface area contributed by atoms with Gasteiger partial charge in [0.1, 0.15) is 6.61 Å². The minimum absolute atomic E-state index is 0.0737. The van der Waals surface area contributed by atoms with Gasteiger partial charge in [0.25, 0.3) is 0 Å². The van der Waals surface area contributed by atoms with Crippen molar-refractivity contribution in [3.8, 4) is 0 Å². The Morgan fingerprint density at radius 2 is 0.597 bits per heavy atom. The lowest BCUT2D eigenvalue weighted by molar-refractivity contribution is -0.161. The molecule has 5 nitrogen and oxygen atoms in total. The molecule has 0 aromatic rings. The van der Waals surface area contributed by atoms with Crippen molar-refractivity contribution in [2.75, 3.05) is 13.2 Å². The van der Waals surface area contributed by atoms with Crippen LogP contribution in [0.4, 0.5) is 0 Å². The standard InChI is InChI=1S/C67H124O5/c1-3-5-7-9-11-13-15-17-19-21-22-23-24-25-26-27-28-29-30-31-32-33-34-35-36-37-38-39-40-41-42-43-44-46-47-49-51-53-55-57-59-61-66(69)71-64-65(63-68)72-67(70)62-60-58-56-54-52-50-48-45-20-18-16-14-12-10-8-6-4-2/h6,8,12,14,18,20,48,50,65,68H,3-5,7,9-11,13,15-17,19,21-47,49,51-64H2,1-2H3/b8-6-,14-12-,20-18-,50-48-. The molecule has 0 heterocycles. The molecule has 72 heavy (non-hydrogen) atoms. The van der Waals surface area contributed by atoms with Crippen LogP contribution in [-0.4, -0.2) is 36.4 Å². The molecule has 0 amide bonds. The van der Waals surface area contributed by atoms with Gasteiger partial charge in [0.15, 0.2) is 6.10 Å². The number of aliphatic hydroxyl groups excluding tert-OH is 1. The van der Waals surface area contributed by atoms with Gasteiger partial charge >= 0.3 is 11.9 Å². The molecule has 1 atom stereocenters. The molecule has 0 aliphatic rings. The topological polar surface area (TPSA) is 72.8 Å². The third-order valence-corrected chi connectivity index (χ3v) is 14.6. The van der Waals surface area contributed by atoms with E-state index < -0.39 is 6.10 Å². The van der Waals surface area contributed by atoms with Gasteiger partial charge in [0.05, 0.1) is 6.61 Å². The summed E-state index contributed by atoms with van der Waals surface area (Å²) in [5.74, 6) is -0.606. The Balaban J connectivity index is 3.35. The third kappa shape index (κ3) is 60.4. The first-order valence-corrected chi connectivity index (χ1v) is 32.2. The highest BCUT2D eigenvalue weighted by atomic mass is 16.6. The van der Waals surface area contributed by atoms with Gasteiger partial charge in [-0.2, -0.15) is 0 Å². The monoisotopic (exact) mass is 1010 g/mol. The minimum atomic E-state index is -0.785. The van der Waals surface area contributed by atoms with Gasteiger partial charge in [-0.15, -0.1) is 0 Å². The van der Waals surface area contributed by atoms with Crippen molar-refractivity contribution in [2.45, 2.75) is 354 Å². The Morgan fingerprint density at radius 3 is 0.903 bits per heavy atom. The van der Waals surface area contributed by atoms with Crippen LogP contribution in [0.2, 0.25) is 0 Å². The fourth-order valence-corrected chi connectivity index (χ4v) is 9.85. The van der Waals surface area contributed by atoms with Gasteiger partial charge in [-0.3, -0.25) is 9.59 Å². The highest BCUT2D eigenvalue weighted by Crippen LogP contribution is 2.19. The van der Waals surface area contributed by atoms with Crippen molar-refractivity contribution in [1.82, 2.24) is 0 Å². The van der Waals surface area contributed by atoms with Gasteiger partial charge in [-0.05, 0) is 51.4 Å². The summed E-state index contributed by atoms with van der Waals surface area (Å²) in [4.78, 5) is 24.5. The van der Waals surface area contributed by atoms with E-state index in [-0.39, 0.29) is 25.2 Å². The lowest BCUT2D eigenvalue weighted by Gasteiger charge is -2.15. The normalized spacial score (nSPS) is 12.4. The van der Waals surface area contributed by atoms with Gasteiger partial charge in [-0.1, -0.05) is 332 Å². The largest absolute Gasteiger partial charge is 0.462 e. The summed E-state index contributed by atoms with van der Waals surface area (Å²) in [6.45, 7) is 4.05. The first-order valence-electron chi connectivity index (χ1n) is 32.2. The second-order valence-electron chi connectivity index (χ2n) is 21.8. The van der Waals surface area contributed by atoms with E-state index in [2.05, 4.69) is 62.5 Å². The quantitative estimate of drug-likeness (QED) is 0.0373. The van der Waals surface area contributed by atoms with E-state index in [1.165, 1.54) is 244 Å². The van der Waals surface area contributed by atoms with Crippen LogP contribution in [0.5, 0.6) is 0 Å². The lowest BCUT2D eigenvalue weighted by atomic mass is 10.0. The lowest BCUT2D eigenvalue weighted by Crippen LogP contribution is -2.28. The number of carbonyl (C=O) groups is 2. The summed E-state index contributed by atoms with van der Waals surface area (Å²) < 4.78 is 10.7. The van der Waals surface area contributed by atoms with Crippen LogP contribution < -0.4 is 0 Å². The molecule has 0 aromatic carbocycles. The zero-order valence-corrected chi connectivity index (χ0v) is 48.5. The number of ether oxygens (including phenoxy) is 2. The van der Waals surface area contributed by atoms with Crippen molar-refractivity contribution >= 4 is 11.9 Å². The summed E-state index contributed by atoms with van der Waals surface area (Å²) in [6.07, 6.45) is 84.4. The molecule has 0 spiro atoms. The number of hydrogen-bond donors (Lipinski definition) is 1. The Hall–Kier alpha value is -2.14. The van der Waals surface area contributed by atoms with E-state index >= 15 is 0 Å². The van der Waals surface area contributed by atoms with Gasteiger partial charge in [0, 0.05) is 12.8 Å². The number of unbranched alkanes of at least 4 members (excludes halogenated alkanes) is 44. The summed E-state index contributed by atoms with van der Waals surface area (Å²) in [7, 11) is 0. The fourth-order valence-electron chi connectivity index (χ4n) is 9.85. The molecule has 0 fully saturated rings. The number of aliphatic hydroxyl groups is 1. The number of rotatable bonds is 60. The van der Waals surface area contributed by atoms with E-state index in [4.69, 9.17) is 9.47 Å².